The smallest absolute Gasteiger partial charge is 0.166 e. The predicted octanol–water partition coefficient (Wildman–Crippen LogP) is 2.88. The van der Waals surface area contributed by atoms with Crippen LogP contribution in [0.25, 0.3) is 0 Å². The molecule has 1 aromatic carbocycles. The molecule has 2 rings (SSSR count). The highest BCUT2D eigenvalue weighted by Gasteiger charge is 2.39. The summed E-state index contributed by atoms with van der Waals surface area (Å²) in [6.07, 6.45) is 1.93. The lowest BCUT2D eigenvalue weighted by molar-refractivity contribution is 0.267. The maximum atomic E-state index is 13.3. The van der Waals surface area contributed by atoms with Gasteiger partial charge in [0.1, 0.15) is 6.61 Å². The van der Waals surface area contributed by atoms with E-state index in [9.17, 15) is 4.39 Å². The predicted molar refractivity (Wildman–Crippen MR) is 63.0 cm³/mol. The highest BCUT2D eigenvalue weighted by molar-refractivity contribution is 9.10. The van der Waals surface area contributed by atoms with Gasteiger partial charge >= 0.3 is 0 Å². The molecular weight excluding hydrogens is 284 g/mol. The molecule has 1 saturated carbocycles. The highest BCUT2D eigenvalue weighted by Crippen LogP contribution is 2.33. The largest absolute Gasteiger partial charge is 0.489 e. The summed E-state index contributed by atoms with van der Waals surface area (Å²) in [5, 5.41) is 0. The summed E-state index contributed by atoms with van der Waals surface area (Å²) in [6.45, 7) is 0.394. The van der Waals surface area contributed by atoms with Crippen LogP contribution in [0.15, 0.2) is 22.7 Å². The molecule has 0 aromatic heterocycles. The van der Waals surface area contributed by atoms with Crippen molar-refractivity contribution in [2.45, 2.75) is 18.4 Å². The number of benzene rings is 1. The van der Waals surface area contributed by atoms with Crippen LogP contribution >= 0.6 is 28.3 Å². The summed E-state index contributed by atoms with van der Waals surface area (Å²) in [4.78, 5) is 0. The first kappa shape index (κ1) is 12.7. The number of halogens is 3. The topological polar surface area (TPSA) is 35.2 Å². The lowest BCUT2D eigenvalue weighted by Gasteiger charge is -2.11. The second kappa shape index (κ2) is 4.68. The molecule has 0 radical (unpaired) electrons. The van der Waals surface area contributed by atoms with Gasteiger partial charge in [0.05, 0.1) is 5.54 Å². The molecule has 84 valence electrons. The van der Waals surface area contributed by atoms with E-state index >= 15 is 0 Å². The lowest BCUT2D eigenvalue weighted by atomic mass is 10.3. The number of ether oxygens (including phenoxy) is 1. The van der Waals surface area contributed by atoms with Crippen molar-refractivity contribution in [3.8, 4) is 5.75 Å². The Labute approximate surface area is 103 Å². The van der Waals surface area contributed by atoms with Gasteiger partial charge in [0.25, 0.3) is 0 Å². The third kappa shape index (κ3) is 3.33. The Morgan fingerprint density at radius 2 is 2.13 bits per heavy atom. The summed E-state index contributed by atoms with van der Waals surface area (Å²) in [5.74, 6) is -0.0893. The molecule has 2 N–H and O–H groups in total. The van der Waals surface area contributed by atoms with E-state index < -0.39 is 0 Å². The maximum absolute atomic E-state index is 13.3. The standard InChI is InChI=1S/C10H11BrFNO.ClH/c11-7-1-2-9(8(12)5-7)14-6-10(13)3-4-10;/h1-2,5H,3-4,6,13H2;1H. The van der Waals surface area contributed by atoms with Gasteiger partial charge in [-0.05, 0) is 31.0 Å². The minimum Gasteiger partial charge on any atom is -0.489 e. The average Bonchev–Trinajstić information content (AvgIpc) is 2.83. The van der Waals surface area contributed by atoms with Crippen molar-refractivity contribution in [1.82, 2.24) is 0 Å². The van der Waals surface area contributed by atoms with E-state index in [1.807, 2.05) is 0 Å². The molecule has 0 aliphatic heterocycles. The van der Waals surface area contributed by atoms with Gasteiger partial charge in [-0.3, -0.25) is 0 Å². The minimum absolute atomic E-state index is 0. The van der Waals surface area contributed by atoms with E-state index in [1.165, 1.54) is 6.07 Å². The van der Waals surface area contributed by atoms with E-state index in [4.69, 9.17) is 10.5 Å². The van der Waals surface area contributed by atoms with Gasteiger partial charge in [0.2, 0.25) is 0 Å². The van der Waals surface area contributed by atoms with Crippen LogP contribution in [0, 0.1) is 5.82 Å². The quantitative estimate of drug-likeness (QED) is 0.931. The van der Waals surface area contributed by atoms with Gasteiger partial charge in [-0.15, -0.1) is 12.4 Å². The van der Waals surface area contributed by atoms with Crippen molar-refractivity contribution in [2.24, 2.45) is 5.73 Å². The van der Waals surface area contributed by atoms with Crippen LogP contribution in [0.2, 0.25) is 0 Å². The van der Waals surface area contributed by atoms with Crippen LogP contribution in [-0.2, 0) is 0 Å². The Balaban J connectivity index is 0.00000112. The Hall–Kier alpha value is -0.320. The highest BCUT2D eigenvalue weighted by atomic mass is 79.9. The van der Waals surface area contributed by atoms with E-state index in [0.717, 1.165) is 12.8 Å². The first-order chi connectivity index (χ1) is 6.59. The molecule has 0 bridgehead atoms. The monoisotopic (exact) mass is 295 g/mol. The fourth-order valence-electron chi connectivity index (χ4n) is 1.12. The van der Waals surface area contributed by atoms with E-state index in [1.54, 1.807) is 12.1 Å². The normalized spacial score (nSPS) is 16.7. The summed E-state index contributed by atoms with van der Waals surface area (Å²) < 4.78 is 19.3. The molecule has 1 aromatic rings. The Kier molecular flexibility index (Phi) is 3.98. The Bertz CT molecular complexity index is 357. The van der Waals surface area contributed by atoms with Crippen LogP contribution < -0.4 is 10.5 Å². The zero-order chi connectivity index (χ0) is 10.2. The van der Waals surface area contributed by atoms with Crippen LogP contribution in [0.5, 0.6) is 5.75 Å². The zero-order valence-electron chi connectivity index (χ0n) is 8.00. The first-order valence-corrected chi connectivity index (χ1v) is 5.25. The SMILES string of the molecule is Cl.NC1(COc2ccc(Br)cc2F)CC1. The molecule has 5 heteroatoms. The zero-order valence-corrected chi connectivity index (χ0v) is 10.4. The summed E-state index contributed by atoms with van der Waals surface area (Å²) >= 11 is 3.18. The second-order valence-corrected chi connectivity index (χ2v) is 4.64. The summed E-state index contributed by atoms with van der Waals surface area (Å²) in [6, 6.07) is 4.73. The van der Waals surface area contributed by atoms with Gasteiger partial charge in [0, 0.05) is 4.47 Å². The molecule has 2 nitrogen and oxygen atoms in total. The second-order valence-electron chi connectivity index (χ2n) is 3.73. The fraction of sp³-hybridized carbons (Fsp3) is 0.400. The summed E-state index contributed by atoms with van der Waals surface area (Å²) in [5.41, 5.74) is 5.61. The number of nitrogens with two attached hydrogens (primary N) is 1. The molecule has 0 heterocycles. The molecule has 0 unspecified atom stereocenters. The van der Waals surface area contributed by atoms with E-state index in [0.29, 0.717) is 11.1 Å². The molecular formula is C10H12BrClFNO. The van der Waals surface area contributed by atoms with Gasteiger partial charge in [-0.25, -0.2) is 4.39 Å². The van der Waals surface area contributed by atoms with Gasteiger partial charge < -0.3 is 10.5 Å². The maximum Gasteiger partial charge on any atom is 0.166 e. The minimum atomic E-state index is -0.358. The van der Waals surface area contributed by atoms with Crippen molar-refractivity contribution in [3.63, 3.8) is 0 Å². The first-order valence-electron chi connectivity index (χ1n) is 4.46. The van der Waals surface area contributed by atoms with Gasteiger partial charge in [-0.2, -0.15) is 0 Å². The molecule has 1 fully saturated rings. The number of hydrogen-bond acceptors (Lipinski definition) is 2. The third-order valence-electron chi connectivity index (χ3n) is 2.30. The van der Waals surface area contributed by atoms with Gasteiger partial charge in [0.15, 0.2) is 11.6 Å². The molecule has 15 heavy (non-hydrogen) atoms. The molecule has 0 spiro atoms. The number of hydrogen-bond donors (Lipinski definition) is 1. The molecule has 0 saturated heterocycles. The third-order valence-corrected chi connectivity index (χ3v) is 2.79. The van der Waals surface area contributed by atoms with Crippen molar-refractivity contribution >= 4 is 28.3 Å². The van der Waals surface area contributed by atoms with Crippen LogP contribution in [0.3, 0.4) is 0 Å². The Morgan fingerprint density at radius 3 is 2.67 bits per heavy atom. The molecule has 1 aliphatic rings. The van der Waals surface area contributed by atoms with Crippen molar-refractivity contribution < 1.29 is 9.13 Å². The van der Waals surface area contributed by atoms with Crippen molar-refractivity contribution in [2.75, 3.05) is 6.61 Å². The lowest BCUT2D eigenvalue weighted by Crippen LogP contribution is -2.29. The summed E-state index contributed by atoms with van der Waals surface area (Å²) in [7, 11) is 0. The molecule has 0 amide bonds. The van der Waals surface area contributed by atoms with Crippen LogP contribution in [0.4, 0.5) is 4.39 Å². The Morgan fingerprint density at radius 1 is 1.47 bits per heavy atom. The van der Waals surface area contributed by atoms with E-state index in [2.05, 4.69) is 15.9 Å². The molecule has 0 atom stereocenters. The fourth-order valence-corrected chi connectivity index (χ4v) is 1.45. The average molecular weight is 297 g/mol. The van der Waals surface area contributed by atoms with Crippen LogP contribution in [-0.4, -0.2) is 12.1 Å². The van der Waals surface area contributed by atoms with E-state index in [-0.39, 0.29) is 29.5 Å². The number of rotatable bonds is 3. The van der Waals surface area contributed by atoms with Crippen LogP contribution in [0.1, 0.15) is 12.8 Å². The molecule has 1 aliphatic carbocycles. The van der Waals surface area contributed by atoms with Crippen molar-refractivity contribution in [1.29, 1.82) is 0 Å². The van der Waals surface area contributed by atoms with Gasteiger partial charge in [-0.1, -0.05) is 15.9 Å². The van der Waals surface area contributed by atoms with Crippen molar-refractivity contribution in [3.05, 3.63) is 28.5 Å².